The van der Waals surface area contributed by atoms with Crippen LogP contribution in [0.3, 0.4) is 0 Å². The number of hydrogen-bond donors (Lipinski definition) is 1. The molecule has 2 saturated heterocycles. The van der Waals surface area contributed by atoms with E-state index in [4.69, 9.17) is 27.9 Å². The molecule has 2 aliphatic heterocycles. The molecule has 10 heteroatoms. The van der Waals surface area contributed by atoms with E-state index in [0.29, 0.717) is 45.7 Å². The lowest BCUT2D eigenvalue weighted by atomic mass is 9.97. The number of halogens is 3. The number of anilines is 2. The number of amides is 1. The summed E-state index contributed by atoms with van der Waals surface area (Å²) < 4.78 is 19.6. The minimum atomic E-state index is -0.596. The standard InChI is InChI=1S/C30H34Cl2FN5O2/c1-2-24-20-37(29-27(32)17-23(18-34-29)35-30(39)40-26-6-4-3-5-7-26)14-15-38(24)25-10-12-36(13-11-25)19-21-8-9-22(31)16-28(21)33/h3-9,16-18,24-25H,2,10-15,19-20H2,1H3,(H,35,39). The van der Waals surface area contributed by atoms with Gasteiger partial charge in [-0.2, -0.15) is 0 Å². The number of piperazine rings is 1. The average Bonchev–Trinajstić information content (AvgIpc) is 2.95. The highest BCUT2D eigenvalue weighted by Gasteiger charge is 2.34. The van der Waals surface area contributed by atoms with Crippen LogP contribution in [0.5, 0.6) is 5.75 Å². The molecule has 5 rings (SSSR count). The summed E-state index contributed by atoms with van der Waals surface area (Å²) in [6.45, 7) is 7.30. The number of nitrogens with zero attached hydrogens (tertiary/aromatic N) is 4. The fraction of sp³-hybridized carbons (Fsp3) is 0.400. The van der Waals surface area contributed by atoms with Gasteiger partial charge in [0.2, 0.25) is 0 Å². The number of rotatable bonds is 7. The Morgan fingerprint density at radius 2 is 1.85 bits per heavy atom. The summed E-state index contributed by atoms with van der Waals surface area (Å²) >= 11 is 12.5. The lowest BCUT2D eigenvalue weighted by molar-refractivity contribution is 0.0607. The molecule has 7 nitrogen and oxygen atoms in total. The van der Waals surface area contributed by atoms with Crippen LogP contribution in [0, 0.1) is 5.82 Å². The highest BCUT2D eigenvalue weighted by atomic mass is 35.5. The first-order valence-electron chi connectivity index (χ1n) is 13.8. The lowest BCUT2D eigenvalue weighted by Crippen LogP contribution is -2.58. The fourth-order valence-electron chi connectivity index (χ4n) is 5.68. The van der Waals surface area contributed by atoms with Crippen LogP contribution in [0.1, 0.15) is 31.7 Å². The third-order valence-corrected chi connectivity index (χ3v) is 8.27. The van der Waals surface area contributed by atoms with Crippen molar-refractivity contribution in [3.63, 3.8) is 0 Å². The number of pyridine rings is 1. The highest BCUT2D eigenvalue weighted by Crippen LogP contribution is 2.31. The summed E-state index contributed by atoms with van der Waals surface area (Å²) in [6.07, 6.45) is 4.16. The number of likely N-dealkylation sites (tertiary alicyclic amines) is 1. The van der Waals surface area contributed by atoms with Gasteiger partial charge in [0.05, 0.1) is 16.9 Å². The maximum Gasteiger partial charge on any atom is 0.417 e. The van der Waals surface area contributed by atoms with E-state index in [0.717, 1.165) is 57.8 Å². The zero-order valence-electron chi connectivity index (χ0n) is 22.5. The largest absolute Gasteiger partial charge is 0.417 e. The van der Waals surface area contributed by atoms with E-state index in [1.54, 1.807) is 48.7 Å². The number of para-hydroxylation sites is 1. The van der Waals surface area contributed by atoms with Crippen molar-refractivity contribution in [2.45, 2.75) is 44.8 Å². The van der Waals surface area contributed by atoms with Crippen molar-refractivity contribution >= 4 is 40.8 Å². The van der Waals surface area contributed by atoms with E-state index in [1.165, 1.54) is 6.07 Å². The van der Waals surface area contributed by atoms with Crippen molar-refractivity contribution in [2.24, 2.45) is 0 Å². The average molecular weight is 587 g/mol. The molecule has 0 spiro atoms. The number of carbonyl (C=O) groups excluding carboxylic acids is 1. The maximum atomic E-state index is 14.3. The van der Waals surface area contributed by atoms with Crippen LogP contribution in [0.15, 0.2) is 60.8 Å². The first-order valence-corrected chi connectivity index (χ1v) is 14.5. The SMILES string of the molecule is CCC1CN(c2ncc(NC(=O)Oc3ccccc3)cc2Cl)CCN1C1CCN(Cc2ccc(Cl)cc2F)CC1. The van der Waals surface area contributed by atoms with Gasteiger partial charge in [0, 0.05) is 48.8 Å². The Bertz CT molecular complexity index is 1310. The molecule has 1 amide bonds. The van der Waals surface area contributed by atoms with Crippen LogP contribution >= 0.6 is 23.2 Å². The number of piperidine rings is 1. The van der Waals surface area contributed by atoms with E-state index < -0.39 is 6.09 Å². The maximum absolute atomic E-state index is 14.3. The summed E-state index contributed by atoms with van der Waals surface area (Å²) in [4.78, 5) is 24.0. The van der Waals surface area contributed by atoms with Crippen LogP contribution in [0.4, 0.5) is 20.7 Å². The molecule has 0 bridgehead atoms. The number of benzene rings is 2. The second kappa shape index (κ2) is 13.2. The Hall–Kier alpha value is -2.91. The van der Waals surface area contributed by atoms with E-state index in [2.05, 4.69) is 31.9 Å². The lowest BCUT2D eigenvalue weighted by Gasteiger charge is -2.47. The molecule has 0 saturated carbocycles. The number of carbonyl (C=O) groups is 1. The molecule has 3 aromatic rings. The Labute approximate surface area is 244 Å². The van der Waals surface area contributed by atoms with Gasteiger partial charge >= 0.3 is 6.09 Å². The van der Waals surface area contributed by atoms with Gasteiger partial charge in [0.1, 0.15) is 17.4 Å². The fourth-order valence-corrected chi connectivity index (χ4v) is 6.12. The predicted octanol–water partition coefficient (Wildman–Crippen LogP) is 6.70. The predicted molar refractivity (Wildman–Crippen MR) is 158 cm³/mol. The van der Waals surface area contributed by atoms with Crippen molar-refractivity contribution in [1.29, 1.82) is 0 Å². The first kappa shape index (κ1) is 28.6. The molecule has 40 heavy (non-hydrogen) atoms. The minimum Gasteiger partial charge on any atom is -0.410 e. The molecular weight excluding hydrogens is 552 g/mol. The Balaban J connectivity index is 1.14. The summed E-state index contributed by atoms with van der Waals surface area (Å²) in [5.74, 6) is 0.946. The van der Waals surface area contributed by atoms with E-state index in [-0.39, 0.29) is 5.82 Å². The van der Waals surface area contributed by atoms with Crippen molar-refractivity contribution in [3.8, 4) is 5.75 Å². The molecule has 2 fully saturated rings. The molecular formula is C30H34Cl2FN5O2. The topological polar surface area (TPSA) is 60.9 Å². The van der Waals surface area contributed by atoms with Gasteiger partial charge in [-0.3, -0.25) is 15.1 Å². The van der Waals surface area contributed by atoms with Crippen LogP contribution in [0.25, 0.3) is 0 Å². The number of aromatic nitrogens is 1. The number of ether oxygens (including phenoxy) is 1. The van der Waals surface area contributed by atoms with Crippen molar-refractivity contribution < 1.29 is 13.9 Å². The number of hydrogen-bond acceptors (Lipinski definition) is 6. The molecule has 1 N–H and O–H groups in total. The van der Waals surface area contributed by atoms with Crippen molar-refractivity contribution in [1.82, 2.24) is 14.8 Å². The van der Waals surface area contributed by atoms with Gasteiger partial charge in [-0.15, -0.1) is 0 Å². The third-order valence-electron chi connectivity index (χ3n) is 7.76. The third kappa shape index (κ3) is 7.04. The molecule has 1 aromatic heterocycles. The molecule has 0 aliphatic carbocycles. The Morgan fingerprint density at radius 3 is 2.55 bits per heavy atom. The summed E-state index contributed by atoms with van der Waals surface area (Å²) in [7, 11) is 0. The monoisotopic (exact) mass is 585 g/mol. The van der Waals surface area contributed by atoms with Gasteiger partial charge in [0.15, 0.2) is 0 Å². The van der Waals surface area contributed by atoms with E-state index in [1.807, 2.05) is 6.07 Å². The zero-order valence-corrected chi connectivity index (χ0v) is 24.0. The zero-order chi connectivity index (χ0) is 28.1. The van der Waals surface area contributed by atoms with E-state index in [9.17, 15) is 9.18 Å². The number of nitrogens with one attached hydrogen (secondary N) is 1. The second-order valence-corrected chi connectivity index (χ2v) is 11.2. The summed E-state index contributed by atoms with van der Waals surface area (Å²) in [5, 5.41) is 3.61. The van der Waals surface area contributed by atoms with Gasteiger partial charge in [0.25, 0.3) is 0 Å². The van der Waals surface area contributed by atoms with Crippen molar-refractivity contribution in [2.75, 3.05) is 42.9 Å². The minimum absolute atomic E-state index is 0.236. The molecule has 2 aliphatic rings. The Kier molecular flexibility index (Phi) is 9.42. The quantitative estimate of drug-likeness (QED) is 0.333. The first-order chi connectivity index (χ1) is 19.4. The van der Waals surface area contributed by atoms with Gasteiger partial charge in [-0.25, -0.2) is 14.2 Å². The smallest absolute Gasteiger partial charge is 0.410 e. The summed E-state index contributed by atoms with van der Waals surface area (Å²) in [5.41, 5.74) is 1.17. The van der Waals surface area contributed by atoms with Crippen LogP contribution < -0.4 is 15.0 Å². The van der Waals surface area contributed by atoms with E-state index >= 15 is 0 Å². The van der Waals surface area contributed by atoms with Crippen LogP contribution in [0.2, 0.25) is 10.0 Å². The van der Waals surface area contributed by atoms with Crippen LogP contribution in [-0.4, -0.2) is 65.7 Å². The molecule has 1 atom stereocenters. The van der Waals surface area contributed by atoms with Crippen molar-refractivity contribution in [3.05, 3.63) is 82.2 Å². The van der Waals surface area contributed by atoms with Gasteiger partial charge in [-0.1, -0.05) is 54.4 Å². The summed E-state index contributed by atoms with van der Waals surface area (Å²) in [6, 6.07) is 16.4. The van der Waals surface area contributed by atoms with Gasteiger partial charge in [-0.05, 0) is 62.7 Å². The molecule has 2 aromatic carbocycles. The molecule has 212 valence electrons. The molecule has 0 radical (unpaired) electrons. The molecule has 1 unspecified atom stereocenters. The normalized spacial score (nSPS) is 19.0. The molecule has 3 heterocycles. The second-order valence-electron chi connectivity index (χ2n) is 10.3. The van der Waals surface area contributed by atoms with Crippen LogP contribution in [-0.2, 0) is 6.54 Å². The van der Waals surface area contributed by atoms with Gasteiger partial charge < -0.3 is 9.64 Å². The Morgan fingerprint density at radius 1 is 1.07 bits per heavy atom. The highest BCUT2D eigenvalue weighted by molar-refractivity contribution is 6.33.